The number of nitrogens with one attached hydrogen (secondary N) is 2. The Hall–Kier alpha value is -1.80. The van der Waals surface area contributed by atoms with E-state index in [1.807, 2.05) is 19.2 Å². The zero-order valence-electron chi connectivity index (χ0n) is 17.5. The van der Waals surface area contributed by atoms with Gasteiger partial charge in [-0.05, 0) is 68.8 Å². The molecule has 1 aliphatic heterocycles. The third-order valence-electron chi connectivity index (χ3n) is 5.07. The molecule has 1 aromatic rings. The lowest BCUT2D eigenvalue weighted by atomic mass is 9.97. The normalized spacial score (nSPS) is 17.9. The quantitative estimate of drug-likeness (QED) is 0.306. The fourth-order valence-corrected chi connectivity index (χ4v) is 4.12. The summed E-state index contributed by atoms with van der Waals surface area (Å²) >= 11 is 1.67. The minimum Gasteiger partial charge on any atom is -0.369 e. The van der Waals surface area contributed by atoms with Crippen molar-refractivity contribution in [3.63, 3.8) is 0 Å². The van der Waals surface area contributed by atoms with Gasteiger partial charge in [-0.1, -0.05) is 6.07 Å². The molecule has 1 heterocycles. The minimum atomic E-state index is -0.205. The molecule has 29 heavy (non-hydrogen) atoms. The number of amides is 1. The maximum absolute atomic E-state index is 13.5. The highest BCUT2D eigenvalue weighted by molar-refractivity contribution is 7.97. The van der Waals surface area contributed by atoms with Gasteiger partial charge in [-0.3, -0.25) is 4.79 Å². The molecule has 1 amide bonds. The van der Waals surface area contributed by atoms with Crippen LogP contribution in [0.3, 0.4) is 0 Å². The number of likely N-dealkylation sites (tertiary alicyclic amines) is 1. The van der Waals surface area contributed by atoms with Crippen LogP contribution < -0.4 is 16.4 Å². The van der Waals surface area contributed by atoms with Crippen LogP contribution in [0.1, 0.15) is 37.3 Å². The van der Waals surface area contributed by atoms with Crippen molar-refractivity contribution >= 4 is 23.6 Å². The largest absolute Gasteiger partial charge is 0.369 e. The number of halogens is 1. The third-order valence-corrected chi connectivity index (χ3v) is 5.67. The molecule has 0 aromatic heterocycles. The number of guanidine groups is 1. The van der Waals surface area contributed by atoms with E-state index in [4.69, 9.17) is 5.73 Å². The molecule has 0 radical (unpaired) electrons. The SMILES string of the molecule is CCNC(=NCc1ccc(F)cc1CSC)NCCCN1CCCC(C(N)=O)C1. The highest BCUT2D eigenvalue weighted by Crippen LogP contribution is 2.18. The second-order valence-electron chi connectivity index (χ2n) is 7.36. The van der Waals surface area contributed by atoms with Gasteiger partial charge in [0, 0.05) is 25.4 Å². The van der Waals surface area contributed by atoms with Crippen LogP contribution in [0.4, 0.5) is 4.39 Å². The molecule has 0 bridgehead atoms. The molecule has 1 unspecified atom stereocenters. The first-order chi connectivity index (χ1) is 14.0. The first kappa shape index (κ1) is 23.5. The zero-order valence-corrected chi connectivity index (χ0v) is 18.4. The van der Waals surface area contributed by atoms with E-state index in [9.17, 15) is 9.18 Å². The number of hydrogen-bond acceptors (Lipinski definition) is 4. The van der Waals surface area contributed by atoms with Crippen LogP contribution in [0.2, 0.25) is 0 Å². The Bertz CT molecular complexity index is 685. The van der Waals surface area contributed by atoms with Gasteiger partial charge in [-0.15, -0.1) is 0 Å². The second-order valence-corrected chi connectivity index (χ2v) is 8.23. The molecular weight excluding hydrogens is 389 g/mol. The van der Waals surface area contributed by atoms with Gasteiger partial charge in [0.2, 0.25) is 5.91 Å². The van der Waals surface area contributed by atoms with Gasteiger partial charge >= 0.3 is 0 Å². The monoisotopic (exact) mass is 423 g/mol. The van der Waals surface area contributed by atoms with Gasteiger partial charge in [0.25, 0.3) is 0 Å². The summed E-state index contributed by atoms with van der Waals surface area (Å²) in [6.45, 7) is 6.85. The first-order valence-electron chi connectivity index (χ1n) is 10.3. The number of piperidine rings is 1. The fraction of sp³-hybridized carbons (Fsp3) is 0.619. The van der Waals surface area contributed by atoms with E-state index in [2.05, 4.69) is 20.5 Å². The highest BCUT2D eigenvalue weighted by atomic mass is 32.2. The number of hydrogen-bond donors (Lipinski definition) is 3. The Morgan fingerprint density at radius 1 is 1.38 bits per heavy atom. The van der Waals surface area contributed by atoms with E-state index >= 15 is 0 Å². The van der Waals surface area contributed by atoms with Crippen LogP contribution in [-0.2, 0) is 17.1 Å². The number of nitrogens with zero attached hydrogens (tertiary/aromatic N) is 2. The zero-order chi connectivity index (χ0) is 21.1. The summed E-state index contributed by atoms with van der Waals surface area (Å²) in [4.78, 5) is 18.4. The lowest BCUT2D eigenvalue weighted by Gasteiger charge is -2.31. The Balaban J connectivity index is 1.83. The van der Waals surface area contributed by atoms with Crippen molar-refractivity contribution in [2.45, 2.75) is 38.5 Å². The van der Waals surface area contributed by atoms with Gasteiger partial charge in [-0.25, -0.2) is 9.38 Å². The van der Waals surface area contributed by atoms with Crippen LogP contribution in [0.15, 0.2) is 23.2 Å². The van der Waals surface area contributed by atoms with Crippen LogP contribution in [-0.4, -0.2) is 55.7 Å². The highest BCUT2D eigenvalue weighted by Gasteiger charge is 2.23. The van der Waals surface area contributed by atoms with E-state index in [0.29, 0.717) is 6.54 Å². The molecule has 1 aromatic carbocycles. The molecule has 1 saturated heterocycles. The Labute approximate surface area is 177 Å². The summed E-state index contributed by atoms with van der Waals surface area (Å²) in [5, 5.41) is 6.63. The second kappa shape index (κ2) is 12.7. The minimum absolute atomic E-state index is 0.0122. The predicted octanol–water partition coefficient (Wildman–Crippen LogP) is 2.33. The molecular formula is C21H34FN5OS. The molecule has 4 N–H and O–H groups in total. The Morgan fingerprint density at radius 3 is 2.93 bits per heavy atom. The van der Waals surface area contributed by atoms with E-state index in [1.54, 1.807) is 17.8 Å². The van der Waals surface area contributed by atoms with Crippen molar-refractivity contribution in [2.24, 2.45) is 16.6 Å². The van der Waals surface area contributed by atoms with Gasteiger partial charge in [0.15, 0.2) is 5.96 Å². The lowest BCUT2D eigenvalue weighted by molar-refractivity contribution is -0.123. The van der Waals surface area contributed by atoms with Crippen molar-refractivity contribution in [1.82, 2.24) is 15.5 Å². The van der Waals surface area contributed by atoms with Crippen molar-refractivity contribution in [3.05, 3.63) is 35.1 Å². The van der Waals surface area contributed by atoms with Crippen molar-refractivity contribution < 1.29 is 9.18 Å². The van der Waals surface area contributed by atoms with Gasteiger partial charge in [0.1, 0.15) is 5.82 Å². The van der Waals surface area contributed by atoms with Crippen LogP contribution >= 0.6 is 11.8 Å². The number of thioether (sulfide) groups is 1. The standard InChI is InChI=1S/C21H34FN5OS/c1-3-24-21(26-13-16-7-8-19(22)12-18(16)15-29-2)25-9-5-11-27-10-4-6-17(14-27)20(23)28/h7-8,12,17H,3-6,9-11,13-15H2,1-2H3,(H2,23,28)(H2,24,25,26). The Kier molecular flexibility index (Phi) is 10.3. The number of primary amides is 1. The van der Waals surface area contributed by atoms with Crippen molar-refractivity contribution in [1.29, 1.82) is 0 Å². The topological polar surface area (TPSA) is 82.8 Å². The average molecular weight is 424 g/mol. The van der Waals surface area contributed by atoms with E-state index in [0.717, 1.165) is 74.8 Å². The van der Waals surface area contributed by atoms with Gasteiger partial charge in [0.05, 0.1) is 12.5 Å². The molecule has 8 heteroatoms. The number of nitrogens with two attached hydrogens (primary N) is 1. The molecule has 2 rings (SSSR count). The number of benzene rings is 1. The molecule has 0 saturated carbocycles. The molecule has 0 aliphatic carbocycles. The first-order valence-corrected chi connectivity index (χ1v) is 11.7. The van der Waals surface area contributed by atoms with Crippen molar-refractivity contribution in [2.75, 3.05) is 39.0 Å². The van der Waals surface area contributed by atoms with Crippen LogP contribution in [0.25, 0.3) is 0 Å². The number of carbonyl (C=O) groups is 1. The third kappa shape index (κ3) is 8.22. The summed E-state index contributed by atoms with van der Waals surface area (Å²) in [6, 6.07) is 4.91. The van der Waals surface area contributed by atoms with Crippen LogP contribution in [0, 0.1) is 11.7 Å². The van der Waals surface area contributed by atoms with E-state index in [-0.39, 0.29) is 17.6 Å². The summed E-state index contributed by atoms with van der Waals surface area (Å²) in [7, 11) is 0. The number of carbonyl (C=O) groups excluding carboxylic acids is 1. The lowest BCUT2D eigenvalue weighted by Crippen LogP contribution is -2.43. The van der Waals surface area contributed by atoms with Crippen molar-refractivity contribution in [3.8, 4) is 0 Å². The van der Waals surface area contributed by atoms with E-state index in [1.165, 1.54) is 6.07 Å². The van der Waals surface area contributed by atoms with Gasteiger partial charge in [-0.2, -0.15) is 11.8 Å². The molecule has 162 valence electrons. The maximum Gasteiger partial charge on any atom is 0.221 e. The Morgan fingerprint density at radius 2 is 2.21 bits per heavy atom. The maximum atomic E-state index is 13.5. The molecule has 0 spiro atoms. The smallest absolute Gasteiger partial charge is 0.221 e. The fourth-order valence-electron chi connectivity index (χ4n) is 3.54. The number of rotatable bonds is 10. The molecule has 6 nitrogen and oxygen atoms in total. The number of aliphatic imine (C=N–C) groups is 1. The molecule has 1 fully saturated rings. The van der Waals surface area contributed by atoms with Gasteiger partial charge < -0.3 is 21.3 Å². The summed E-state index contributed by atoms with van der Waals surface area (Å²) in [5.74, 6) is 1.14. The van der Waals surface area contributed by atoms with E-state index < -0.39 is 0 Å². The molecule has 1 atom stereocenters. The van der Waals surface area contributed by atoms with Crippen LogP contribution in [0.5, 0.6) is 0 Å². The average Bonchev–Trinajstić information content (AvgIpc) is 2.70. The summed E-state index contributed by atoms with van der Waals surface area (Å²) in [5.41, 5.74) is 7.49. The summed E-state index contributed by atoms with van der Waals surface area (Å²) < 4.78 is 13.5. The predicted molar refractivity (Wildman–Crippen MR) is 119 cm³/mol. The summed E-state index contributed by atoms with van der Waals surface area (Å²) in [6.07, 6.45) is 4.91. The molecule has 1 aliphatic rings.